The lowest BCUT2D eigenvalue weighted by atomic mass is 9.65. The van der Waals surface area contributed by atoms with E-state index in [4.69, 9.17) is 0 Å². The number of hydrogen-bond donors (Lipinski definition) is 0. The molecule has 48 heavy (non-hydrogen) atoms. The summed E-state index contributed by atoms with van der Waals surface area (Å²) in [5.74, 6) is 0. The summed E-state index contributed by atoms with van der Waals surface area (Å²) in [7, 11) is 0. The first-order chi connectivity index (χ1) is 23.3. The van der Waals surface area contributed by atoms with Gasteiger partial charge in [-0.05, 0) is 83.5 Å². The van der Waals surface area contributed by atoms with Crippen molar-refractivity contribution in [3.05, 3.63) is 191 Å². The van der Waals surface area contributed by atoms with Gasteiger partial charge in [0.25, 0.3) is 0 Å². The van der Waals surface area contributed by atoms with Gasteiger partial charge < -0.3 is 4.90 Å². The van der Waals surface area contributed by atoms with Crippen LogP contribution in [-0.4, -0.2) is 0 Å². The predicted molar refractivity (Wildman–Crippen MR) is 204 cm³/mol. The number of anilines is 2. The van der Waals surface area contributed by atoms with E-state index in [9.17, 15) is 0 Å². The van der Waals surface area contributed by atoms with E-state index in [-0.39, 0.29) is 16.2 Å². The van der Waals surface area contributed by atoms with Gasteiger partial charge >= 0.3 is 0 Å². The van der Waals surface area contributed by atoms with Crippen molar-refractivity contribution in [2.45, 2.75) is 51.9 Å². The van der Waals surface area contributed by atoms with Gasteiger partial charge in [0.15, 0.2) is 0 Å². The molecule has 0 aliphatic heterocycles. The van der Waals surface area contributed by atoms with Gasteiger partial charge in [-0.25, -0.2) is 0 Å². The molecule has 0 bridgehead atoms. The Morgan fingerprint density at radius 2 is 1.31 bits per heavy atom. The minimum atomic E-state index is -0.305. The quantitative estimate of drug-likeness (QED) is 0.171. The Morgan fingerprint density at radius 3 is 2.06 bits per heavy atom. The van der Waals surface area contributed by atoms with Gasteiger partial charge in [-0.3, -0.25) is 0 Å². The van der Waals surface area contributed by atoms with Crippen LogP contribution in [0.5, 0.6) is 0 Å². The van der Waals surface area contributed by atoms with Crippen LogP contribution in [0.25, 0.3) is 22.3 Å². The summed E-state index contributed by atoms with van der Waals surface area (Å²) in [5.41, 5.74) is 15.2. The van der Waals surface area contributed by atoms with Crippen LogP contribution in [0.15, 0.2) is 175 Å². The van der Waals surface area contributed by atoms with E-state index in [0.29, 0.717) is 0 Å². The van der Waals surface area contributed by atoms with Crippen LogP contribution in [-0.2, 0) is 10.8 Å². The molecule has 0 N–H and O–H groups in total. The Balaban J connectivity index is 1.36. The third-order valence-electron chi connectivity index (χ3n) is 11.4. The van der Waals surface area contributed by atoms with Crippen LogP contribution in [0.1, 0.15) is 57.7 Å². The Hall–Kier alpha value is -5.14. The Morgan fingerprint density at radius 1 is 0.667 bits per heavy atom. The highest BCUT2D eigenvalue weighted by molar-refractivity contribution is 5.88. The van der Waals surface area contributed by atoms with Crippen molar-refractivity contribution in [1.82, 2.24) is 0 Å². The average Bonchev–Trinajstić information content (AvgIpc) is 3.49. The minimum absolute atomic E-state index is 0.0644. The highest BCUT2D eigenvalue weighted by Gasteiger charge is 2.50. The molecular formula is C47H43N. The SMILES string of the molecule is C/C=C/C1(c2ccccc2)C=C(C)C2(C)CC=C(N(c3ccc4c(c3)C(C)(C)c3ccccc3-4)c3ccccc3-c3ccccc3)C=C21. The lowest BCUT2D eigenvalue weighted by Gasteiger charge is -2.40. The zero-order chi connectivity index (χ0) is 33.1. The van der Waals surface area contributed by atoms with E-state index in [1.54, 1.807) is 0 Å². The highest BCUT2D eigenvalue weighted by atomic mass is 15.2. The fraction of sp³-hybridized carbons (Fsp3) is 0.191. The van der Waals surface area contributed by atoms with Gasteiger partial charge in [0.2, 0.25) is 0 Å². The lowest BCUT2D eigenvalue weighted by molar-refractivity contribution is 0.468. The van der Waals surface area contributed by atoms with Crippen LogP contribution in [0.2, 0.25) is 0 Å². The van der Waals surface area contributed by atoms with Gasteiger partial charge in [0.05, 0.1) is 11.1 Å². The number of para-hydroxylation sites is 1. The number of hydrogen-bond acceptors (Lipinski definition) is 1. The summed E-state index contributed by atoms with van der Waals surface area (Å²) in [6.45, 7) is 11.6. The van der Waals surface area contributed by atoms with Crippen LogP contribution >= 0.6 is 0 Å². The molecule has 0 heterocycles. The third-order valence-corrected chi connectivity index (χ3v) is 11.4. The summed E-state index contributed by atoms with van der Waals surface area (Å²) in [6, 6.07) is 46.8. The number of fused-ring (bicyclic) bond motifs is 4. The molecule has 3 aliphatic carbocycles. The van der Waals surface area contributed by atoms with E-state index >= 15 is 0 Å². The van der Waals surface area contributed by atoms with Crippen molar-refractivity contribution in [3.8, 4) is 22.3 Å². The summed E-state index contributed by atoms with van der Waals surface area (Å²) in [6.07, 6.45) is 13.1. The Kier molecular flexibility index (Phi) is 7.07. The number of benzene rings is 5. The van der Waals surface area contributed by atoms with Gasteiger partial charge in [0.1, 0.15) is 0 Å². The maximum absolute atomic E-state index is 2.52. The highest BCUT2D eigenvalue weighted by Crippen LogP contribution is 2.59. The van der Waals surface area contributed by atoms with Gasteiger partial charge in [-0.15, -0.1) is 0 Å². The van der Waals surface area contributed by atoms with Crippen molar-refractivity contribution in [2.24, 2.45) is 5.41 Å². The molecule has 0 amide bonds. The second kappa shape index (κ2) is 11.2. The van der Waals surface area contributed by atoms with E-state index < -0.39 is 0 Å². The van der Waals surface area contributed by atoms with Gasteiger partial charge in [-0.2, -0.15) is 0 Å². The molecule has 0 radical (unpaired) electrons. The second-order valence-corrected chi connectivity index (χ2v) is 14.4. The summed E-state index contributed by atoms with van der Waals surface area (Å²) >= 11 is 0. The predicted octanol–water partition coefficient (Wildman–Crippen LogP) is 12.5. The van der Waals surface area contributed by atoms with Gasteiger partial charge in [0, 0.05) is 27.8 Å². The normalized spacial score (nSPS) is 22.0. The van der Waals surface area contributed by atoms with Crippen LogP contribution in [0.4, 0.5) is 11.4 Å². The summed E-state index contributed by atoms with van der Waals surface area (Å²) in [5, 5.41) is 0. The fourth-order valence-electron chi connectivity index (χ4n) is 8.71. The zero-order valence-corrected chi connectivity index (χ0v) is 28.7. The Bertz CT molecular complexity index is 2160. The molecule has 1 heteroatoms. The van der Waals surface area contributed by atoms with Crippen molar-refractivity contribution < 1.29 is 0 Å². The molecule has 236 valence electrons. The molecule has 8 rings (SSSR count). The number of rotatable bonds is 6. The molecule has 3 aliphatic rings. The molecule has 2 atom stereocenters. The van der Waals surface area contributed by atoms with Crippen LogP contribution in [0.3, 0.4) is 0 Å². The molecule has 0 spiro atoms. The maximum Gasteiger partial charge on any atom is 0.0539 e. The second-order valence-electron chi connectivity index (χ2n) is 14.4. The third kappa shape index (κ3) is 4.44. The molecule has 5 aromatic rings. The molecule has 5 aromatic carbocycles. The van der Waals surface area contributed by atoms with Crippen molar-refractivity contribution in [1.29, 1.82) is 0 Å². The molecule has 2 unspecified atom stereocenters. The minimum Gasteiger partial charge on any atom is -0.310 e. The molecule has 0 saturated carbocycles. The van der Waals surface area contributed by atoms with E-state index in [1.807, 2.05) is 0 Å². The van der Waals surface area contributed by atoms with Gasteiger partial charge in [-0.1, -0.05) is 160 Å². The van der Waals surface area contributed by atoms with Crippen molar-refractivity contribution in [3.63, 3.8) is 0 Å². The molecule has 0 saturated heterocycles. The smallest absolute Gasteiger partial charge is 0.0539 e. The number of nitrogens with zero attached hydrogens (tertiary/aromatic N) is 1. The first kappa shape index (κ1) is 30.2. The molecule has 0 fully saturated rings. The maximum atomic E-state index is 2.52. The van der Waals surface area contributed by atoms with Crippen molar-refractivity contribution in [2.75, 3.05) is 4.90 Å². The molecular weight excluding hydrogens is 579 g/mol. The molecule has 1 nitrogen and oxygen atoms in total. The lowest BCUT2D eigenvalue weighted by Crippen LogP contribution is -2.32. The topological polar surface area (TPSA) is 3.24 Å². The zero-order valence-electron chi connectivity index (χ0n) is 28.7. The first-order valence-electron chi connectivity index (χ1n) is 17.3. The monoisotopic (exact) mass is 621 g/mol. The standard InChI is InChI=1S/C47H43N/c1-6-28-47(35-19-11-8-12-20-35)32-33(2)46(5)29-27-37(31-44(46)47)48(43-24-16-14-21-38(43)34-17-9-7-10-18-34)36-25-26-40-39-22-13-15-23-41(39)45(3,4)42(40)30-36/h6-28,30-32H,29H2,1-5H3/b28-6+. The molecule has 0 aromatic heterocycles. The average molecular weight is 622 g/mol. The van der Waals surface area contributed by atoms with Crippen LogP contribution < -0.4 is 4.90 Å². The Labute approximate surface area is 286 Å². The summed E-state index contributed by atoms with van der Waals surface area (Å²) in [4.78, 5) is 2.52. The van der Waals surface area contributed by atoms with Crippen molar-refractivity contribution >= 4 is 11.4 Å². The van der Waals surface area contributed by atoms with E-state index in [0.717, 1.165) is 6.42 Å². The van der Waals surface area contributed by atoms with E-state index in [1.165, 1.54) is 67.2 Å². The largest absolute Gasteiger partial charge is 0.310 e. The summed E-state index contributed by atoms with van der Waals surface area (Å²) < 4.78 is 0. The van der Waals surface area contributed by atoms with E-state index in [2.05, 4.69) is 197 Å². The first-order valence-corrected chi connectivity index (χ1v) is 17.3. The van der Waals surface area contributed by atoms with Crippen LogP contribution in [0, 0.1) is 5.41 Å². The fourth-order valence-corrected chi connectivity index (χ4v) is 8.71. The number of allylic oxidation sites excluding steroid dienone is 7.